The first kappa shape index (κ1) is 10.2. The van der Waals surface area contributed by atoms with Gasteiger partial charge in [0.1, 0.15) is 6.26 Å². The molecule has 0 unspecified atom stereocenters. The number of carbonyl (C=O) groups is 1. The van der Waals surface area contributed by atoms with Crippen molar-refractivity contribution in [2.45, 2.75) is 0 Å². The van der Waals surface area contributed by atoms with Gasteiger partial charge in [0.15, 0.2) is 17.3 Å². The maximum Gasteiger partial charge on any atom is 0.400 e. The fourth-order valence-corrected chi connectivity index (χ4v) is 1.02. The van der Waals surface area contributed by atoms with E-state index in [0.29, 0.717) is 0 Å². The summed E-state index contributed by atoms with van der Waals surface area (Å²) in [6.45, 7) is 0. The lowest BCUT2D eigenvalue weighted by Crippen LogP contribution is -1.96. The summed E-state index contributed by atoms with van der Waals surface area (Å²) in [7, 11) is 0. The molecule has 0 atom stereocenters. The van der Waals surface area contributed by atoms with Crippen LogP contribution >= 0.6 is 0 Å². The van der Waals surface area contributed by atoms with Gasteiger partial charge in [-0.15, -0.1) is 0 Å². The molecule has 1 aromatic carbocycles. The largest absolute Gasteiger partial charge is 0.476 e. The van der Waals surface area contributed by atoms with Crippen molar-refractivity contribution in [3.05, 3.63) is 42.0 Å². The Hall–Kier alpha value is -2.37. The van der Waals surface area contributed by atoms with Crippen molar-refractivity contribution in [2.24, 2.45) is 0 Å². The van der Waals surface area contributed by atoms with Crippen LogP contribution in [0.5, 0.6) is 11.8 Å². The highest BCUT2D eigenvalue weighted by atomic mass is 19.1. The number of hydrogen-bond acceptors (Lipinski definition) is 4. The number of aromatic carboxylic acids is 1. The zero-order valence-corrected chi connectivity index (χ0v) is 7.88. The highest BCUT2D eigenvalue weighted by Crippen LogP contribution is 2.23. The predicted molar refractivity (Wildman–Crippen MR) is 49.9 cm³/mol. The summed E-state index contributed by atoms with van der Waals surface area (Å²) in [5, 5.41) is 8.57. The Morgan fingerprint density at radius 2 is 2.19 bits per heavy atom. The fraction of sp³-hybridized carbons (Fsp3) is 0. The van der Waals surface area contributed by atoms with Gasteiger partial charge in [0.05, 0.1) is 0 Å². The lowest BCUT2D eigenvalue weighted by Gasteiger charge is -2.00. The Balaban J connectivity index is 2.21. The van der Waals surface area contributed by atoms with E-state index in [1.807, 2.05) is 0 Å². The monoisotopic (exact) mass is 223 g/mol. The van der Waals surface area contributed by atoms with Crippen molar-refractivity contribution in [1.29, 1.82) is 0 Å². The highest BCUT2D eigenvalue weighted by molar-refractivity contribution is 5.84. The molecule has 0 amide bonds. The lowest BCUT2D eigenvalue weighted by atomic mass is 10.3. The quantitative estimate of drug-likeness (QED) is 0.864. The molecule has 0 bridgehead atoms. The third-order valence-electron chi connectivity index (χ3n) is 1.74. The number of halogens is 1. The van der Waals surface area contributed by atoms with Crippen molar-refractivity contribution in [3.8, 4) is 11.8 Å². The molecule has 0 aliphatic rings. The third kappa shape index (κ3) is 2.00. The molecular formula is C10H6FNO4. The molecule has 5 nitrogen and oxygen atoms in total. The average Bonchev–Trinajstić information content (AvgIpc) is 2.70. The van der Waals surface area contributed by atoms with Gasteiger partial charge in [-0.25, -0.2) is 9.18 Å². The first-order valence-corrected chi connectivity index (χ1v) is 4.28. The second-order valence-electron chi connectivity index (χ2n) is 2.84. The van der Waals surface area contributed by atoms with Gasteiger partial charge in [-0.1, -0.05) is 12.1 Å². The summed E-state index contributed by atoms with van der Waals surface area (Å²) < 4.78 is 22.8. The summed E-state index contributed by atoms with van der Waals surface area (Å²) in [4.78, 5) is 14.0. The van der Waals surface area contributed by atoms with Crippen LogP contribution in [0.2, 0.25) is 0 Å². The molecule has 0 saturated carbocycles. The van der Waals surface area contributed by atoms with Crippen LogP contribution in [0.1, 0.15) is 10.5 Å². The van der Waals surface area contributed by atoms with E-state index in [-0.39, 0.29) is 17.5 Å². The summed E-state index contributed by atoms with van der Waals surface area (Å²) >= 11 is 0. The van der Waals surface area contributed by atoms with E-state index in [1.165, 1.54) is 18.2 Å². The van der Waals surface area contributed by atoms with Gasteiger partial charge in [-0.3, -0.25) is 0 Å². The number of aromatic nitrogens is 1. The zero-order valence-electron chi connectivity index (χ0n) is 7.88. The Labute approximate surface area is 89.1 Å². The second-order valence-corrected chi connectivity index (χ2v) is 2.84. The van der Waals surface area contributed by atoms with E-state index in [2.05, 4.69) is 4.98 Å². The predicted octanol–water partition coefficient (Wildman–Crippen LogP) is 2.30. The molecule has 0 aliphatic heterocycles. The number of benzene rings is 1. The number of hydrogen-bond donors (Lipinski definition) is 1. The molecule has 2 rings (SSSR count). The molecule has 0 saturated heterocycles. The standard InChI is InChI=1S/C10H6FNO4/c11-6-3-1-2-4-8(6)16-10-12-7(5-15-10)9(13)14/h1-5H,(H,13,14). The van der Waals surface area contributed by atoms with Crippen LogP contribution < -0.4 is 4.74 Å². The van der Waals surface area contributed by atoms with Gasteiger partial charge in [0, 0.05) is 0 Å². The maximum atomic E-state index is 13.1. The summed E-state index contributed by atoms with van der Waals surface area (Å²) in [5.74, 6) is -1.91. The van der Waals surface area contributed by atoms with E-state index >= 15 is 0 Å². The SMILES string of the molecule is O=C(O)c1coc(Oc2ccccc2F)n1. The Kier molecular flexibility index (Phi) is 2.55. The molecule has 6 heteroatoms. The van der Waals surface area contributed by atoms with Crippen LogP contribution in [0, 0.1) is 5.82 Å². The van der Waals surface area contributed by atoms with E-state index in [0.717, 1.165) is 6.26 Å². The lowest BCUT2D eigenvalue weighted by molar-refractivity contribution is 0.0690. The van der Waals surface area contributed by atoms with Crippen LogP contribution in [0.4, 0.5) is 4.39 Å². The minimum atomic E-state index is -1.24. The number of para-hydroxylation sites is 1. The van der Waals surface area contributed by atoms with Crippen LogP contribution in [0.25, 0.3) is 0 Å². The van der Waals surface area contributed by atoms with Crippen LogP contribution in [-0.2, 0) is 0 Å². The Bertz CT molecular complexity index is 523. The summed E-state index contributed by atoms with van der Waals surface area (Å²) in [6, 6.07) is 5.65. The molecule has 0 spiro atoms. The number of carboxylic acid groups (broad SMARTS) is 1. The van der Waals surface area contributed by atoms with E-state index < -0.39 is 11.8 Å². The van der Waals surface area contributed by atoms with Crippen molar-refractivity contribution in [3.63, 3.8) is 0 Å². The minimum Gasteiger partial charge on any atom is -0.476 e. The maximum absolute atomic E-state index is 13.1. The minimum absolute atomic E-state index is 0.0821. The van der Waals surface area contributed by atoms with Gasteiger partial charge in [-0.2, -0.15) is 4.98 Å². The van der Waals surface area contributed by atoms with Crippen LogP contribution in [0.3, 0.4) is 0 Å². The van der Waals surface area contributed by atoms with Gasteiger partial charge in [-0.05, 0) is 12.1 Å². The smallest absolute Gasteiger partial charge is 0.400 e. The molecular weight excluding hydrogens is 217 g/mol. The number of nitrogens with zero attached hydrogens (tertiary/aromatic N) is 1. The van der Waals surface area contributed by atoms with E-state index in [4.69, 9.17) is 14.3 Å². The van der Waals surface area contributed by atoms with Crippen molar-refractivity contribution in [2.75, 3.05) is 0 Å². The van der Waals surface area contributed by atoms with Crippen LogP contribution in [-0.4, -0.2) is 16.1 Å². The first-order chi connectivity index (χ1) is 7.66. The Morgan fingerprint density at radius 3 is 2.81 bits per heavy atom. The van der Waals surface area contributed by atoms with Crippen molar-refractivity contribution < 1.29 is 23.4 Å². The molecule has 2 aromatic rings. The molecule has 0 radical (unpaired) electrons. The number of rotatable bonds is 3. The third-order valence-corrected chi connectivity index (χ3v) is 1.74. The molecule has 1 N–H and O–H groups in total. The normalized spacial score (nSPS) is 10.1. The highest BCUT2D eigenvalue weighted by Gasteiger charge is 2.13. The molecule has 16 heavy (non-hydrogen) atoms. The van der Waals surface area contributed by atoms with Gasteiger partial charge < -0.3 is 14.3 Å². The second kappa shape index (κ2) is 4.01. The average molecular weight is 223 g/mol. The van der Waals surface area contributed by atoms with Gasteiger partial charge >= 0.3 is 12.0 Å². The van der Waals surface area contributed by atoms with Gasteiger partial charge in [0.2, 0.25) is 0 Å². The number of oxazole rings is 1. The molecule has 1 aromatic heterocycles. The summed E-state index contributed by atoms with van der Waals surface area (Å²) in [6.07, 6.45) is 0.598. The van der Waals surface area contributed by atoms with Crippen molar-refractivity contribution in [1.82, 2.24) is 4.98 Å². The van der Waals surface area contributed by atoms with E-state index in [9.17, 15) is 9.18 Å². The number of ether oxygens (including phenoxy) is 1. The van der Waals surface area contributed by atoms with Crippen LogP contribution in [0.15, 0.2) is 34.9 Å². The molecule has 0 aliphatic carbocycles. The molecule has 1 heterocycles. The first-order valence-electron chi connectivity index (χ1n) is 4.28. The summed E-state index contributed by atoms with van der Waals surface area (Å²) in [5.41, 5.74) is -0.300. The van der Waals surface area contributed by atoms with E-state index in [1.54, 1.807) is 6.07 Å². The topological polar surface area (TPSA) is 72.6 Å². The molecule has 82 valence electrons. The van der Waals surface area contributed by atoms with Crippen molar-refractivity contribution >= 4 is 5.97 Å². The number of carboxylic acids is 1. The zero-order chi connectivity index (χ0) is 11.5. The van der Waals surface area contributed by atoms with Gasteiger partial charge in [0.25, 0.3) is 0 Å². The Morgan fingerprint density at radius 1 is 1.44 bits per heavy atom. The molecule has 0 fully saturated rings. The fourth-order valence-electron chi connectivity index (χ4n) is 1.02.